The number of rotatable bonds is 4. The van der Waals surface area contributed by atoms with E-state index in [0.717, 1.165) is 42.4 Å². The van der Waals surface area contributed by atoms with Crippen LogP contribution in [0.25, 0.3) is 0 Å². The second-order valence-corrected chi connectivity index (χ2v) is 7.97. The minimum absolute atomic E-state index is 0.0169. The summed E-state index contributed by atoms with van der Waals surface area (Å²) in [7, 11) is 0. The smallest absolute Gasteiger partial charge is 0.346 e. The Morgan fingerprint density at radius 3 is 2.82 bits per heavy atom. The molecule has 0 aliphatic carbocycles. The van der Waals surface area contributed by atoms with Crippen molar-refractivity contribution in [1.29, 1.82) is 0 Å². The van der Waals surface area contributed by atoms with E-state index in [1.807, 2.05) is 13.8 Å². The zero-order valence-corrected chi connectivity index (χ0v) is 16.6. The van der Waals surface area contributed by atoms with Crippen LogP contribution in [0.1, 0.15) is 54.1 Å². The van der Waals surface area contributed by atoms with Crippen LogP contribution in [0.15, 0.2) is 23.0 Å². The normalized spacial score (nSPS) is 20.0. The van der Waals surface area contributed by atoms with Crippen LogP contribution in [0.5, 0.6) is 0 Å². The fraction of sp³-hybridized carbons (Fsp3) is 0.571. The summed E-state index contributed by atoms with van der Waals surface area (Å²) in [5.41, 5.74) is 3.25. The molecule has 2 aliphatic rings. The summed E-state index contributed by atoms with van der Waals surface area (Å²) < 4.78 is 8.56. The van der Waals surface area contributed by atoms with E-state index in [4.69, 9.17) is 4.74 Å². The van der Waals surface area contributed by atoms with Crippen molar-refractivity contribution in [3.63, 3.8) is 0 Å². The number of ether oxygens (including phenoxy) is 1. The number of hydrogen-bond acceptors (Lipinski definition) is 4. The van der Waals surface area contributed by atoms with Gasteiger partial charge in [-0.2, -0.15) is 5.10 Å². The van der Waals surface area contributed by atoms with Crippen molar-refractivity contribution in [2.45, 2.75) is 64.6 Å². The van der Waals surface area contributed by atoms with Crippen LogP contribution >= 0.6 is 0 Å². The molecule has 7 nitrogen and oxygen atoms in total. The maximum absolute atomic E-state index is 12.9. The first-order valence-corrected chi connectivity index (χ1v) is 10.1. The summed E-state index contributed by atoms with van der Waals surface area (Å²) in [5.74, 6) is 0.229. The Balaban J connectivity index is 1.57. The first-order chi connectivity index (χ1) is 13.5. The Hall–Kier alpha value is -2.41. The van der Waals surface area contributed by atoms with Crippen LogP contribution in [-0.2, 0) is 22.6 Å². The van der Waals surface area contributed by atoms with Crippen molar-refractivity contribution >= 4 is 5.91 Å². The maximum atomic E-state index is 12.9. The van der Waals surface area contributed by atoms with Gasteiger partial charge in [-0.15, -0.1) is 0 Å². The fourth-order valence-corrected chi connectivity index (χ4v) is 4.14. The molecule has 0 spiro atoms. The first-order valence-electron chi connectivity index (χ1n) is 10.1. The summed E-state index contributed by atoms with van der Waals surface area (Å²) in [5, 5.41) is 7.73. The Morgan fingerprint density at radius 2 is 2.04 bits per heavy atom. The van der Waals surface area contributed by atoms with Gasteiger partial charge in [0.15, 0.2) is 0 Å². The number of aromatic nitrogens is 3. The number of amides is 1. The molecule has 1 amide bonds. The monoisotopic (exact) mass is 384 g/mol. The van der Waals surface area contributed by atoms with Gasteiger partial charge in [-0.3, -0.25) is 9.36 Å². The molecule has 7 heteroatoms. The van der Waals surface area contributed by atoms with E-state index in [0.29, 0.717) is 32.1 Å². The molecule has 0 saturated carbocycles. The van der Waals surface area contributed by atoms with Gasteiger partial charge in [0.05, 0.1) is 12.5 Å². The molecule has 150 valence electrons. The second kappa shape index (κ2) is 7.91. The molecule has 1 N–H and O–H groups in total. The van der Waals surface area contributed by atoms with Crippen LogP contribution in [-0.4, -0.2) is 39.5 Å². The molecule has 3 heterocycles. The van der Waals surface area contributed by atoms with Gasteiger partial charge in [0, 0.05) is 25.8 Å². The molecule has 28 heavy (non-hydrogen) atoms. The van der Waals surface area contributed by atoms with Gasteiger partial charge in [0.2, 0.25) is 5.91 Å². The molecule has 1 fully saturated rings. The van der Waals surface area contributed by atoms with Gasteiger partial charge >= 0.3 is 5.69 Å². The molecule has 1 unspecified atom stereocenters. The highest BCUT2D eigenvalue weighted by atomic mass is 16.5. The lowest BCUT2D eigenvalue weighted by Gasteiger charge is -2.27. The maximum Gasteiger partial charge on any atom is 0.346 e. The molecule has 0 radical (unpaired) electrons. The zero-order chi connectivity index (χ0) is 19.7. The lowest BCUT2D eigenvalue weighted by atomic mass is 9.97. The highest BCUT2D eigenvalue weighted by molar-refractivity contribution is 5.83. The molecule has 1 atom stereocenters. The van der Waals surface area contributed by atoms with E-state index in [2.05, 4.69) is 28.6 Å². The van der Waals surface area contributed by atoms with Crippen LogP contribution in [0.3, 0.4) is 0 Å². The number of fused-ring (bicyclic) bond motifs is 1. The second-order valence-electron chi connectivity index (χ2n) is 7.97. The lowest BCUT2D eigenvalue weighted by Crippen LogP contribution is -2.43. The minimum atomic E-state index is -0.357. The van der Waals surface area contributed by atoms with E-state index >= 15 is 0 Å². The average molecular weight is 384 g/mol. The third-order valence-corrected chi connectivity index (χ3v) is 5.85. The molecule has 2 aromatic rings. The molecular weight excluding hydrogens is 356 g/mol. The van der Waals surface area contributed by atoms with Gasteiger partial charge in [-0.25, -0.2) is 9.48 Å². The third-order valence-electron chi connectivity index (χ3n) is 5.85. The summed E-state index contributed by atoms with van der Waals surface area (Å²) in [6.07, 6.45) is 3.22. The van der Waals surface area contributed by atoms with Gasteiger partial charge in [-0.1, -0.05) is 23.8 Å². The Morgan fingerprint density at radius 1 is 1.25 bits per heavy atom. The number of hydrogen-bond donors (Lipinski definition) is 1. The van der Waals surface area contributed by atoms with Crippen molar-refractivity contribution in [2.24, 2.45) is 0 Å². The van der Waals surface area contributed by atoms with Crippen molar-refractivity contribution in [3.8, 4) is 0 Å². The number of nitrogens with zero attached hydrogens (tertiary/aromatic N) is 3. The van der Waals surface area contributed by atoms with E-state index in [9.17, 15) is 9.59 Å². The highest BCUT2D eigenvalue weighted by Crippen LogP contribution is 2.25. The first kappa shape index (κ1) is 18.9. The number of benzene rings is 1. The topological polar surface area (TPSA) is 78.2 Å². The molecule has 1 aromatic carbocycles. The van der Waals surface area contributed by atoms with Gasteiger partial charge < -0.3 is 10.1 Å². The van der Waals surface area contributed by atoms with Crippen molar-refractivity contribution < 1.29 is 9.53 Å². The van der Waals surface area contributed by atoms with Crippen LogP contribution in [0, 0.1) is 13.8 Å². The van der Waals surface area contributed by atoms with Gasteiger partial charge in [0.1, 0.15) is 5.82 Å². The summed E-state index contributed by atoms with van der Waals surface area (Å²) in [6, 6.07) is 6.38. The van der Waals surface area contributed by atoms with E-state index in [-0.39, 0.29) is 23.6 Å². The Bertz CT molecular complexity index is 924. The van der Waals surface area contributed by atoms with Gasteiger partial charge in [-0.05, 0) is 50.7 Å². The minimum Gasteiger partial charge on any atom is -0.381 e. The molecular formula is C21H28N4O3. The average Bonchev–Trinajstić information content (AvgIpc) is 3.01. The third kappa shape index (κ3) is 3.76. The predicted molar refractivity (Wildman–Crippen MR) is 105 cm³/mol. The Kier molecular flexibility index (Phi) is 5.35. The molecule has 2 aliphatic heterocycles. The van der Waals surface area contributed by atoms with Crippen molar-refractivity contribution in [3.05, 3.63) is 51.2 Å². The van der Waals surface area contributed by atoms with Crippen molar-refractivity contribution in [2.75, 3.05) is 13.2 Å². The van der Waals surface area contributed by atoms with E-state index in [1.54, 1.807) is 4.57 Å². The van der Waals surface area contributed by atoms with E-state index < -0.39 is 0 Å². The summed E-state index contributed by atoms with van der Waals surface area (Å²) in [6.45, 7) is 6.51. The predicted octanol–water partition coefficient (Wildman–Crippen LogP) is 1.88. The van der Waals surface area contributed by atoms with Gasteiger partial charge in [0.25, 0.3) is 0 Å². The van der Waals surface area contributed by atoms with Crippen LogP contribution in [0.2, 0.25) is 0 Å². The standard InChI is InChI=1S/C21H28N4O3/c1-14-5-6-15(2)16(12-14)13-25-21(27)24-9-3-4-18(19(24)23-25)20(26)22-17-7-10-28-11-8-17/h5-6,12,17-18H,3-4,7-11,13H2,1-2H3,(H,22,26). The summed E-state index contributed by atoms with van der Waals surface area (Å²) >= 11 is 0. The number of nitrogens with one attached hydrogen (secondary N) is 1. The zero-order valence-electron chi connectivity index (χ0n) is 16.6. The molecule has 4 rings (SSSR count). The quantitative estimate of drug-likeness (QED) is 0.873. The highest BCUT2D eigenvalue weighted by Gasteiger charge is 2.32. The molecule has 1 saturated heterocycles. The SMILES string of the molecule is Cc1ccc(C)c(Cn2nc3n(c2=O)CCCC3C(=O)NC2CCOCC2)c1. The number of carbonyl (C=O) groups is 1. The van der Waals surface area contributed by atoms with E-state index in [1.165, 1.54) is 4.68 Å². The number of aryl methyl sites for hydroxylation is 2. The van der Waals surface area contributed by atoms with Crippen LogP contribution in [0.4, 0.5) is 0 Å². The molecule has 0 bridgehead atoms. The largest absolute Gasteiger partial charge is 0.381 e. The van der Waals surface area contributed by atoms with Crippen LogP contribution < -0.4 is 11.0 Å². The summed E-state index contributed by atoms with van der Waals surface area (Å²) in [4.78, 5) is 25.8. The Labute approximate surface area is 164 Å². The van der Waals surface area contributed by atoms with Crippen molar-refractivity contribution in [1.82, 2.24) is 19.7 Å². The molecule has 1 aromatic heterocycles. The number of carbonyl (C=O) groups excluding carboxylic acids is 1. The fourth-order valence-electron chi connectivity index (χ4n) is 4.14. The lowest BCUT2D eigenvalue weighted by molar-refractivity contribution is -0.124.